The molecule has 0 fully saturated rings. The number of benzene rings is 1. The normalized spacial score (nSPS) is 11.3. The minimum atomic E-state index is -0.267. The van der Waals surface area contributed by atoms with Crippen molar-refractivity contribution in [3.8, 4) is 0 Å². The minimum Gasteiger partial charge on any atom is -0.469 e. The second-order valence-corrected chi connectivity index (χ2v) is 3.89. The number of carbonyl (C=O) groups is 1. The Labute approximate surface area is 105 Å². The van der Waals surface area contributed by atoms with Gasteiger partial charge in [0.05, 0.1) is 17.5 Å². The Morgan fingerprint density at radius 1 is 1.22 bits per heavy atom. The van der Waals surface area contributed by atoms with E-state index in [9.17, 15) is 4.79 Å². The van der Waals surface area contributed by atoms with Crippen molar-refractivity contribution in [3.05, 3.63) is 59.5 Å². The van der Waals surface area contributed by atoms with Gasteiger partial charge in [-0.05, 0) is 25.5 Å². The Bertz CT molecular complexity index is 570. The molecule has 4 nitrogen and oxygen atoms in total. The molecule has 4 heteroatoms. The fraction of sp³-hybridized carbons (Fsp3) is 0.143. The first-order valence-corrected chi connectivity index (χ1v) is 5.62. The highest BCUT2D eigenvalue weighted by Gasteiger charge is 2.10. The second kappa shape index (κ2) is 5.31. The Balaban J connectivity index is 2.08. The van der Waals surface area contributed by atoms with Gasteiger partial charge in [-0.25, -0.2) is 5.43 Å². The van der Waals surface area contributed by atoms with Crippen LogP contribution in [0.25, 0.3) is 0 Å². The smallest absolute Gasteiger partial charge is 0.274 e. The number of rotatable bonds is 3. The van der Waals surface area contributed by atoms with Gasteiger partial charge in [0.1, 0.15) is 5.76 Å². The molecule has 92 valence electrons. The lowest BCUT2D eigenvalue weighted by molar-refractivity contribution is 0.0953. The maximum Gasteiger partial charge on any atom is 0.274 e. The SMILES string of the molecule is C/C(=N/NC(=O)c1ccoc1C)c1ccccc1. The highest BCUT2D eigenvalue weighted by Crippen LogP contribution is 2.08. The molecule has 0 aliphatic carbocycles. The van der Waals surface area contributed by atoms with Crippen molar-refractivity contribution in [1.29, 1.82) is 0 Å². The van der Waals surface area contributed by atoms with Crippen molar-refractivity contribution >= 4 is 11.6 Å². The molecule has 18 heavy (non-hydrogen) atoms. The van der Waals surface area contributed by atoms with Crippen LogP contribution >= 0.6 is 0 Å². The molecular weight excluding hydrogens is 228 g/mol. The van der Waals surface area contributed by atoms with E-state index in [0.717, 1.165) is 11.3 Å². The number of hydrogen-bond donors (Lipinski definition) is 1. The number of aryl methyl sites for hydroxylation is 1. The van der Waals surface area contributed by atoms with E-state index in [2.05, 4.69) is 10.5 Å². The molecule has 0 bridgehead atoms. The van der Waals surface area contributed by atoms with Crippen molar-refractivity contribution in [2.24, 2.45) is 5.10 Å². The van der Waals surface area contributed by atoms with Crippen molar-refractivity contribution in [2.75, 3.05) is 0 Å². The van der Waals surface area contributed by atoms with Crippen LogP contribution in [0.4, 0.5) is 0 Å². The van der Waals surface area contributed by atoms with Crippen LogP contribution in [0.1, 0.15) is 28.6 Å². The van der Waals surface area contributed by atoms with E-state index in [1.54, 1.807) is 13.0 Å². The summed E-state index contributed by atoms with van der Waals surface area (Å²) in [4.78, 5) is 11.8. The van der Waals surface area contributed by atoms with Crippen molar-refractivity contribution in [1.82, 2.24) is 5.43 Å². The zero-order valence-electron chi connectivity index (χ0n) is 10.3. The largest absolute Gasteiger partial charge is 0.469 e. The fourth-order valence-electron chi connectivity index (χ4n) is 1.56. The average Bonchev–Trinajstić information content (AvgIpc) is 2.83. The van der Waals surface area contributed by atoms with Crippen LogP contribution in [0.15, 0.2) is 52.2 Å². The molecule has 1 amide bonds. The van der Waals surface area contributed by atoms with Gasteiger partial charge in [-0.15, -0.1) is 0 Å². The highest BCUT2D eigenvalue weighted by molar-refractivity contribution is 6.01. The van der Waals surface area contributed by atoms with E-state index in [0.29, 0.717) is 11.3 Å². The molecule has 0 aliphatic heterocycles. The quantitative estimate of drug-likeness (QED) is 0.664. The molecular formula is C14H14N2O2. The zero-order chi connectivity index (χ0) is 13.0. The van der Waals surface area contributed by atoms with Crippen molar-refractivity contribution in [3.63, 3.8) is 0 Å². The first-order chi connectivity index (χ1) is 8.68. The van der Waals surface area contributed by atoms with Gasteiger partial charge in [-0.1, -0.05) is 30.3 Å². The van der Waals surface area contributed by atoms with E-state index >= 15 is 0 Å². The molecule has 1 aromatic heterocycles. The van der Waals surface area contributed by atoms with Crippen LogP contribution < -0.4 is 5.43 Å². The first-order valence-electron chi connectivity index (χ1n) is 5.62. The highest BCUT2D eigenvalue weighted by atomic mass is 16.3. The maximum atomic E-state index is 11.8. The molecule has 0 unspecified atom stereocenters. The molecule has 2 aromatic rings. The van der Waals surface area contributed by atoms with Gasteiger partial charge in [0, 0.05) is 0 Å². The third-order valence-corrected chi connectivity index (χ3v) is 2.62. The van der Waals surface area contributed by atoms with Crippen LogP contribution in [0.2, 0.25) is 0 Å². The number of furan rings is 1. The molecule has 2 rings (SSSR count). The van der Waals surface area contributed by atoms with Gasteiger partial charge >= 0.3 is 0 Å². The van der Waals surface area contributed by atoms with Gasteiger partial charge in [0.25, 0.3) is 5.91 Å². The standard InChI is InChI=1S/C14H14N2O2/c1-10(12-6-4-3-5-7-12)15-16-14(17)13-8-9-18-11(13)2/h3-9H,1-2H3,(H,16,17)/b15-10-. The number of amides is 1. The molecule has 0 aliphatic rings. The predicted octanol–water partition coefficient (Wildman–Crippen LogP) is 2.74. The lowest BCUT2D eigenvalue weighted by atomic mass is 10.1. The number of nitrogens with one attached hydrogen (secondary N) is 1. The Morgan fingerprint density at radius 2 is 1.94 bits per heavy atom. The zero-order valence-corrected chi connectivity index (χ0v) is 10.3. The van der Waals surface area contributed by atoms with E-state index in [1.165, 1.54) is 6.26 Å². The predicted molar refractivity (Wildman–Crippen MR) is 69.6 cm³/mol. The summed E-state index contributed by atoms with van der Waals surface area (Å²) in [5, 5.41) is 4.07. The summed E-state index contributed by atoms with van der Waals surface area (Å²) in [6.07, 6.45) is 1.48. The summed E-state index contributed by atoms with van der Waals surface area (Å²) in [6, 6.07) is 11.3. The number of carbonyl (C=O) groups excluding carboxylic acids is 1. The van der Waals surface area contributed by atoms with E-state index in [1.807, 2.05) is 37.3 Å². The van der Waals surface area contributed by atoms with Crippen molar-refractivity contribution in [2.45, 2.75) is 13.8 Å². The van der Waals surface area contributed by atoms with Gasteiger partial charge < -0.3 is 4.42 Å². The number of hydrogen-bond acceptors (Lipinski definition) is 3. The molecule has 0 saturated heterocycles. The molecule has 1 aromatic carbocycles. The topological polar surface area (TPSA) is 54.6 Å². The molecule has 0 radical (unpaired) electrons. The number of nitrogens with zero attached hydrogens (tertiary/aromatic N) is 1. The van der Waals surface area contributed by atoms with Gasteiger partial charge in [-0.3, -0.25) is 4.79 Å². The van der Waals surface area contributed by atoms with Crippen LogP contribution in [0.3, 0.4) is 0 Å². The average molecular weight is 242 g/mol. The Hall–Kier alpha value is -2.36. The summed E-state index contributed by atoms with van der Waals surface area (Å²) < 4.78 is 5.07. The summed E-state index contributed by atoms with van der Waals surface area (Å²) in [6.45, 7) is 3.58. The van der Waals surface area contributed by atoms with Gasteiger partial charge in [0.15, 0.2) is 0 Å². The monoisotopic (exact) mass is 242 g/mol. The lowest BCUT2D eigenvalue weighted by Gasteiger charge is -2.01. The third kappa shape index (κ3) is 2.66. The molecule has 0 atom stereocenters. The molecule has 1 N–H and O–H groups in total. The van der Waals surface area contributed by atoms with Crippen molar-refractivity contribution < 1.29 is 9.21 Å². The molecule has 1 heterocycles. The Kier molecular flexibility index (Phi) is 3.57. The first kappa shape index (κ1) is 12.1. The van der Waals surface area contributed by atoms with E-state index in [-0.39, 0.29) is 5.91 Å². The summed E-state index contributed by atoms with van der Waals surface area (Å²) >= 11 is 0. The summed E-state index contributed by atoms with van der Waals surface area (Å²) in [5.41, 5.74) is 4.74. The van der Waals surface area contributed by atoms with E-state index < -0.39 is 0 Å². The lowest BCUT2D eigenvalue weighted by Crippen LogP contribution is -2.19. The summed E-state index contributed by atoms with van der Waals surface area (Å²) in [7, 11) is 0. The number of hydrazone groups is 1. The maximum absolute atomic E-state index is 11.8. The molecule has 0 saturated carbocycles. The van der Waals surface area contributed by atoms with Crippen LogP contribution in [0.5, 0.6) is 0 Å². The van der Waals surface area contributed by atoms with E-state index in [4.69, 9.17) is 4.42 Å². The third-order valence-electron chi connectivity index (χ3n) is 2.62. The molecule has 0 spiro atoms. The van der Waals surface area contributed by atoms with Crippen LogP contribution in [0, 0.1) is 6.92 Å². The van der Waals surface area contributed by atoms with Crippen LogP contribution in [-0.2, 0) is 0 Å². The Morgan fingerprint density at radius 3 is 2.56 bits per heavy atom. The van der Waals surface area contributed by atoms with Gasteiger partial charge in [0.2, 0.25) is 0 Å². The minimum absolute atomic E-state index is 0.267. The second-order valence-electron chi connectivity index (χ2n) is 3.89. The summed E-state index contributed by atoms with van der Waals surface area (Å²) in [5.74, 6) is 0.316. The van der Waals surface area contributed by atoms with Gasteiger partial charge in [-0.2, -0.15) is 5.10 Å². The van der Waals surface area contributed by atoms with Crippen LogP contribution in [-0.4, -0.2) is 11.6 Å². The fourth-order valence-corrected chi connectivity index (χ4v) is 1.56.